The molecule has 0 aliphatic heterocycles. The van der Waals surface area contributed by atoms with E-state index in [0.717, 1.165) is 0 Å². The SMILES string of the molecule is O=[N+]([O-])[C@@H](Cl)[C@@H](Cl)C(Cl)=C(Cl)Cl. The maximum Gasteiger partial charge on any atom is 0.307 e. The second-order valence-electron chi connectivity index (χ2n) is 1.67. The molecule has 0 aromatic heterocycles. The molecule has 0 saturated heterocycles. The Morgan fingerprint density at radius 1 is 1.25 bits per heavy atom. The van der Waals surface area contributed by atoms with Crippen molar-refractivity contribution in [3.63, 3.8) is 0 Å². The molecule has 70 valence electrons. The molecule has 0 fully saturated rings. The van der Waals surface area contributed by atoms with Crippen molar-refractivity contribution >= 4 is 58.0 Å². The number of nitrogens with zero attached hydrogens (tertiary/aromatic N) is 1. The zero-order chi connectivity index (χ0) is 9.89. The molecule has 0 saturated carbocycles. The monoisotopic (exact) mass is 271 g/mol. The molecule has 0 radical (unpaired) electrons. The van der Waals surface area contributed by atoms with E-state index in [2.05, 4.69) is 0 Å². The van der Waals surface area contributed by atoms with Crippen LogP contribution >= 0.6 is 58.0 Å². The van der Waals surface area contributed by atoms with Crippen LogP contribution in [0.1, 0.15) is 0 Å². The fourth-order valence-electron chi connectivity index (χ4n) is 0.332. The third-order valence-corrected chi connectivity index (χ3v) is 3.00. The zero-order valence-electron chi connectivity index (χ0n) is 5.31. The van der Waals surface area contributed by atoms with Crippen LogP contribution in [0.4, 0.5) is 0 Å². The average Bonchev–Trinajstić information content (AvgIpc) is 2.00. The molecule has 0 rings (SSSR count). The van der Waals surface area contributed by atoms with Crippen LogP contribution in [0, 0.1) is 10.1 Å². The van der Waals surface area contributed by atoms with Gasteiger partial charge in [0.05, 0.1) is 5.03 Å². The van der Waals surface area contributed by atoms with Crippen molar-refractivity contribution in [2.45, 2.75) is 10.9 Å². The molecule has 0 heterocycles. The Bertz CT molecular complexity index is 213. The summed E-state index contributed by atoms with van der Waals surface area (Å²) in [5, 5.41) is 8.62. The van der Waals surface area contributed by atoms with Crippen LogP contribution in [-0.4, -0.2) is 15.8 Å². The number of hydrogen-bond donors (Lipinski definition) is 0. The Morgan fingerprint density at radius 2 is 1.67 bits per heavy atom. The topological polar surface area (TPSA) is 43.1 Å². The van der Waals surface area contributed by atoms with Crippen molar-refractivity contribution in [3.8, 4) is 0 Å². The molecule has 8 heteroatoms. The minimum Gasteiger partial charge on any atom is -0.263 e. The third-order valence-electron chi connectivity index (χ3n) is 0.866. The van der Waals surface area contributed by atoms with Crippen LogP contribution in [0.5, 0.6) is 0 Å². The van der Waals surface area contributed by atoms with Gasteiger partial charge in [-0.05, 0) is 11.6 Å². The number of halogens is 5. The molecule has 0 aromatic carbocycles. The van der Waals surface area contributed by atoms with E-state index in [1.807, 2.05) is 0 Å². The molecule has 0 aliphatic carbocycles. The second-order valence-corrected chi connectivity index (χ2v) is 3.94. The lowest BCUT2D eigenvalue weighted by atomic mass is 10.4. The fraction of sp³-hybridized carbons (Fsp3) is 0.500. The zero-order valence-corrected chi connectivity index (χ0v) is 9.09. The minimum atomic E-state index is -1.55. The van der Waals surface area contributed by atoms with Gasteiger partial charge < -0.3 is 0 Å². The molecule has 0 amide bonds. The van der Waals surface area contributed by atoms with Crippen molar-refractivity contribution in [1.82, 2.24) is 0 Å². The molecule has 0 aliphatic rings. The summed E-state index contributed by atoms with van der Waals surface area (Å²) in [4.78, 5) is 9.30. The van der Waals surface area contributed by atoms with E-state index in [9.17, 15) is 10.1 Å². The number of nitro groups is 1. The Hall–Kier alpha value is 0.590. The summed E-state index contributed by atoms with van der Waals surface area (Å²) < 4.78 is -0.329. The molecule has 0 N–H and O–H groups in total. The number of alkyl halides is 2. The quantitative estimate of drug-likeness (QED) is 0.342. The molecule has 0 unspecified atom stereocenters. The smallest absolute Gasteiger partial charge is 0.263 e. The van der Waals surface area contributed by atoms with Gasteiger partial charge in [0.25, 0.3) is 0 Å². The highest BCUT2D eigenvalue weighted by Gasteiger charge is 2.31. The predicted molar refractivity (Wildman–Crippen MR) is 50.9 cm³/mol. The summed E-state index contributed by atoms with van der Waals surface area (Å²) in [7, 11) is 0. The Morgan fingerprint density at radius 3 is 1.92 bits per heavy atom. The van der Waals surface area contributed by atoms with E-state index in [0.29, 0.717) is 0 Å². The number of rotatable bonds is 3. The first kappa shape index (κ1) is 12.6. The normalized spacial score (nSPS) is 15.1. The molecule has 12 heavy (non-hydrogen) atoms. The first-order valence-electron chi connectivity index (χ1n) is 2.50. The van der Waals surface area contributed by atoms with Gasteiger partial charge in [0, 0.05) is 4.92 Å². The van der Waals surface area contributed by atoms with E-state index < -0.39 is 15.8 Å². The summed E-state index contributed by atoms with van der Waals surface area (Å²) in [6.45, 7) is 0. The van der Waals surface area contributed by atoms with Crippen LogP contribution in [-0.2, 0) is 0 Å². The van der Waals surface area contributed by atoms with Crippen LogP contribution in [0.25, 0.3) is 0 Å². The fourth-order valence-corrected chi connectivity index (χ4v) is 1.19. The van der Waals surface area contributed by atoms with E-state index in [-0.39, 0.29) is 9.52 Å². The molecule has 0 aromatic rings. The summed E-state index contributed by atoms with van der Waals surface area (Å²) in [5.74, 6) is 0. The van der Waals surface area contributed by atoms with E-state index in [1.54, 1.807) is 0 Å². The van der Waals surface area contributed by atoms with Gasteiger partial charge in [-0.15, -0.1) is 11.6 Å². The molecule has 0 bridgehead atoms. The highest BCUT2D eigenvalue weighted by Crippen LogP contribution is 2.28. The summed E-state index contributed by atoms with van der Waals surface area (Å²) in [6.07, 6.45) is 0. The van der Waals surface area contributed by atoms with Gasteiger partial charge in [-0.3, -0.25) is 10.1 Å². The highest BCUT2D eigenvalue weighted by atomic mass is 35.5. The largest absolute Gasteiger partial charge is 0.307 e. The van der Waals surface area contributed by atoms with Crippen molar-refractivity contribution in [1.29, 1.82) is 0 Å². The van der Waals surface area contributed by atoms with Crippen LogP contribution < -0.4 is 0 Å². The molecule has 3 nitrogen and oxygen atoms in total. The van der Waals surface area contributed by atoms with Gasteiger partial charge in [0.15, 0.2) is 5.38 Å². The molecule has 2 atom stereocenters. The lowest BCUT2D eigenvalue weighted by Gasteiger charge is -2.07. The van der Waals surface area contributed by atoms with E-state index in [4.69, 9.17) is 58.0 Å². The van der Waals surface area contributed by atoms with Gasteiger partial charge in [0.2, 0.25) is 0 Å². The minimum absolute atomic E-state index is 0.239. The summed E-state index contributed by atoms with van der Waals surface area (Å²) in [6, 6.07) is 0. The van der Waals surface area contributed by atoms with Gasteiger partial charge >= 0.3 is 5.50 Å². The lowest BCUT2D eigenvalue weighted by Crippen LogP contribution is -2.24. The maximum absolute atomic E-state index is 10.1. The van der Waals surface area contributed by atoms with Crippen molar-refractivity contribution < 1.29 is 4.92 Å². The lowest BCUT2D eigenvalue weighted by molar-refractivity contribution is -0.496. The number of hydrogen-bond acceptors (Lipinski definition) is 2. The van der Waals surface area contributed by atoms with Crippen LogP contribution in [0.15, 0.2) is 9.52 Å². The Balaban J connectivity index is 4.50. The second kappa shape index (κ2) is 5.35. The predicted octanol–water partition coefficient (Wildman–Crippen LogP) is 3.32. The maximum atomic E-state index is 10.1. The third kappa shape index (κ3) is 3.54. The van der Waals surface area contributed by atoms with Crippen molar-refractivity contribution in [2.75, 3.05) is 0 Å². The van der Waals surface area contributed by atoms with E-state index in [1.165, 1.54) is 0 Å². The first-order valence-corrected chi connectivity index (χ1v) is 4.51. The molecular weight excluding hydrogens is 271 g/mol. The summed E-state index contributed by atoms with van der Waals surface area (Å²) >= 11 is 26.5. The van der Waals surface area contributed by atoms with Gasteiger partial charge in [0.1, 0.15) is 4.49 Å². The van der Waals surface area contributed by atoms with Crippen LogP contribution in [0.3, 0.4) is 0 Å². The highest BCUT2D eigenvalue weighted by molar-refractivity contribution is 6.60. The van der Waals surface area contributed by atoms with E-state index >= 15 is 0 Å². The van der Waals surface area contributed by atoms with Crippen LogP contribution in [0.2, 0.25) is 0 Å². The first-order chi connectivity index (χ1) is 5.37. The molecular formula is C4H2Cl5NO2. The van der Waals surface area contributed by atoms with Gasteiger partial charge in [-0.2, -0.15) is 0 Å². The average molecular weight is 273 g/mol. The van der Waals surface area contributed by atoms with Gasteiger partial charge in [-0.25, -0.2) is 0 Å². The van der Waals surface area contributed by atoms with Gasteiger partial charge in [-0.1, -0.05) is 34.8 Å². The Kier molecular flexibility index (Phi) is 5.61. The van der Waals surface area contributed by atoms with Crippen molar-refractivity contribution in [3.05, 3.63) is 19.6 Å². The summed E-state index contributed by atoms with van der Waals surface area (Å²) in [5.41, 5.74) is -1.55. The standard InChI is InChI=1S/C4H2Cl5NO2/c5-1(3(7)8)2(6)4(9)10(11)12/h2,4H/t2-,4+/m0/s1. The molecule has 0 spiro atoms. The van der Waals surface area contributed by atoms with Crippen molar-refractivity contribution in [2.24, 2.45) is 0 Å². The Labute approximate surface area is 93.3 Å².